The van der Waals surface area contributed by atoms with E-state index in [1.165, 1.54) is 18.2 Å². The van der Waals surface area contributed by atoms with Crippen molar-refractivity contribution >= 4 is 17.3 Å². The van der Waals surface area contributed by atoms with Crippen molar-refractivity contribution in [3.63, 3.8) is 0 Å². The van der Waals surface area contributed by atoms with Crippen molar-refractivity contribution < 1.29 is 18.5 Å². The van der Waals surface area contributed by atoms with Crippen LogP contribution >= 0.6 is 0 Å². The molecule has 0 saturated heterocycles. The van der Waals surface area contributed by atoms with Gasteiger partial charge in [-0.15, -0.1) is 0 Å². The monoisotopic (exact) mass is 278 g/mol. The van der Waals surface area contributed by atoms with E-state index in [0.29, 0.717) is 0 Å². The molecule has 0 heterocycles. The van der Waals surface area contributed by atoms with Crippen LogP contribution in [0.15, 0.2) is 42.5 Å². The van der Waals surface area contributed by atoms with Crippen LogP contribution in [0.2, 0.25) is 0 Å². The van der Waals surface area contributed by atoms with E-state index < -0.39 is 28.2 Å². The van der Waals surface area contributed by atoms with Crippen molar-refractivity contribution in [3.05, 3.63) is 69.8 Å². The number of hydrogen-bond donors (Lipinski definition) is 1. The largest absolute Gasteiger partial charge is 0.322 e. The number of carbonyl (C=O) groups excluding carboxylic acids is 1. The minimum atomic E-state index is -1.01. The third-order valence-electron chi connectivity index (χ3n) is 2.52. The van der Waals surface area contributed by atoms with Crippen molar-refractivity contribution in [3.8, 4) is 0 Å². The average Bonchev–Trinajstić information content (AvgIpc) is 2.41. The quantitative estimate of drug-likeness (QED) is 0.692. The minimum absolute atomic E-state index is 0.00588. The van der Waals surface area contributed by atoms with Gasteiger partial charge in [-0.1, -0.05) is 12.1 Å². The van der Waals surface area contributed by atoms with Crippen LogP contribution in [0.1, 0.15) is 10.4 Å². The molecule has 0 spiro atoms. The zero-order chi connectivity index (χ0) is 14.7. The average molecular weight is 278 g/mol. The summed E-state index contributed by atoms with van der Waals surface area (Å²) in [6.45, 7) is 0. The van der Waals surface area contributed by atoms with Gasteiger partial charge in [0.1, 0.15) is 5.82 Å². The van der Waals surface area contributed by atoms with E-state index in [-0.39, 0.29) is 11.3 Å². The van der Waals surface area contributed by atoms with Gasteiger partial charge in [-0.3, -0.25) is 14.9 Å². The van der Waals surface area contributed by atoms with Gasteiger partial charge in [-0.2, -0.15) is 4.39 Å². The fourth-order valence-electron chi connectivity index (χ4n) is 1.57. The first kappa shape index (κ1) is 13.6. The molecule has 5 nitrogen and oxygen atoms in total. The van der Waals surface area contributed by atoms with Gasteiger partial charge >= 0.3 is 5.69 Å². The Labute approximate surface area is 112 Å². The van der Waals surface area contributed by atoms with Crippen LogP contribution in [0.25, 0.3) is 0 Å². The molecule has 0 saturated carbocycles. The second-order valence-electron chi connectivity index (χ2n) is 3.86. The van der Waals surface area contributed by atoms with E-state index in [1.54, 1.807) is 0 Å². The number of nitro groups is 1. The van der Waals surface area contributed by atoms with E-state index in [4.69, 9.17) is 0 Å². The van der Waals surface area contributed by atoms with Crippen molar-refractivity contribution in [2.75, 3.05) is 5.32 Å². The van der Waals surface area contributed by atoms with Crippen LogP contribution in [0.3, 0.4) is 0 Å². The van der Waals surface area contributed by atoms with Crippen molar-refractivity contribution in [2.45, 2.75) is 0 Å². The Morgan fingerprint density at radius 3 is 2.45 bits per heavy atom. The van der Waals surface area contributed by atoms with Gasteiger partial charge in [0.05, 0.1) is 10.5 Å². The molecule has 0 aliphatic heterocycles. The highest BCUT2D eigenvalue weighted by molar-refractivity contribution is 6.04. The summed E-state index contributed by atoms with van der Waals surface area (Å²) < 4.78 is 26.5. The van der Waals surface area contributed by atoms with E-state index in [9.17, 15) is 23.7 Å². The molecule has 2 rings (SSSR count). The van der Waals surface area contributed by atoms with Gasteiger partial charge in [0.15, 0.2) is 0 Å². The van der Waals surface area contributed by atoms with Gasteiger partial charge < -0.3 is 5.32 Å². The molecule has 20 heavy (non-hydrogen) atoms. The molecule has 0 aromatic heterocycles. The molecular weight excluding hydrogens is 270 g/mol. The zero-order valence-corrected chi connectivity index (χ0v) is 9.97. The smallest absolute Gasteiger partial charge is 0.306 e. The van der Waals surface area contributed by atoms with Gasteiger partial charge in [-0.05, 0) is 24.3 Å². The Kier molecular flexibility index (Phi) is 3.69. The second-order valence-corrected chi connectivity index (χ2v) is 3.86. The van der Waals surface area contributed by atoms with Crippen molar-refractivity contribution in [2.24, 2.45) is 0 Å². The molecule has 0 aliphatic rings. The van der Waals surface area contributed by atoms with Crippen LogP contribution in [-0.4, -0.2) is 10.8 Å². The first-order valence-electron chi connectivity index (χ1n) is 5.49. The molecule has 7 heteroatoms. The van der Waals surface area contributed by atoms with Gasteiger partial charge in [0, 0.05) is 11.8 Å². The molecule has 2 aromatic rings. The number of amides is 1. The Hall–Kier alpha value is -2.83. The summed E-state index contributed by atoms with van der Waals surface area (Å²) in [5, 5.41) is 12.8. The predicted octanol–water partition coefficient (Wildman–Crippen LogP) is 3.13. The van der Waals surface area contributed by atoms with Crippen molar-refractivity contribution in [1.82, 2.24) is 0 Å². The third kappa shape index (κ3) is 2.77. The molecule has 2 aromatic carbocycles. The SMILES string of the molecule is O=C(Nc1ccc(F)c([N+](=O)[O-])c1)c1ccccc1F. The minimum Gasteiger partial charge on any atom is -0.322 e. The van der Waals surface area contributed by atoms with E-state index in [1.807, 2.05) is 0 Å². The lowest BCUT2D eigenvalue weighted by Gasteiger charge is -2.06. The molecule has 102 valence electrons. The molecule has 1 amide bonds. The molecule has 0 atom stereocenters. The lowest BCUT2D eigenvalue weighted by atomic mass is 10.2. The number of benzene rings is 2. The highest BCUT2D eigenvalue weighted by Crippen LogP contribution is 2.22. The number of nitrogens with one attached hydrogen (secondary N) is 1. The summed E-state index contributed by atoms with van der Waals surface area (Å²) in [6, 6.07) is 8.16. The number of hydrogen-bond acceptors (Lipinski definition) is 3. The van der Waals surface area contributed by atoms with Crippen LogP contribution in [0.5, 0.6) is 0 Å². The molecule has 0 bridgehead atoms. The second kappa shape index (κ2) is 5.43. The Morgan fingerprint density at radius 2 is 1.80 bits per heavy atom. The summed E-state index contributed by atoms with van der Waals surface area (Å²) in [6.07, 6.45) is 0. The molecule has 0 unspecified atom stereocenters. The predicted molar refractivity (Wildman–Crippen MR) is 67.4 cm³/mol. The molecule has 0 fully saturated rings. The normalized spacial score (nSPS) is 10.1. The van der Waals surface area contributed by atoms with Crippen LogP contribution < -0.4 is 5.32 Å². The maximum absolute atomic E-state index is 13.4. The van der Waals surface area contributed by atoms with Gasteiger partial charge in [0.25, 0.3) is 5.91 Å². The van der Waals surface area contributed by atoms with E-state index in [2.05, 4.69) is 5.32 Å². The zero-order valence-electron chi connectivity index (χ0n) is 9.97. The van der Waals surface area contributed by atoms with E-state index >= 15 is 0 Å². The first-order chi connectivity index (χ1) is 9.49. The van der Waals surface area contributed by atoms with Gasteiger partial charge in [0.2, 0.25) is 5.82 Å². The molecular formula is C13H8F2N2O3. The standard InChI is InChI=1S/C13H8F2N2O3/c14-10-4-2-1-3-9(10)13(18)16-8-5-6-11(15)12(7-8)17(19)20/h1-7H,(H,16,18). The third-order valence-corrected chi connectivity index (χ3v) is 2.52. The highest BCUT2D eigenvalue weighted by atomic mass is 19.1. The Bertz CT molecular complexity index is 689. The maximum atomic E-state index is 13.4. The summed E-state index contributed by atoms with van der Waals surface area (Å²) in [5.41, 5.74) is -0.970. The lowest BCUT2D eigenvalue weighted by Crippen LogP contribution is -2.13. The highest BCUT2D eigenvalue weighted by Gasteiger charge is 2.16. The number of carbonyl (C=O) groups is 1. The Morgan fingerprint density at radius 1 is 1.10 bits per heavy atom. The first-order valence-corrected chi connectivity index (χ1v) is 5.49. The number of rotatable bonds is 3. The summed E-state index contributed by atoms with van der Waals surface area (Å²) >= 11 is 0. The van der Waals surface area contributed by atoms with Crippen molar-refractivity contribution in [1.29, 1.82) is 0 Å². The molecule has 1 N–H and O–H groups in total. The van der Waals surface area contributed by atoms with Crippen LogP contribution in [0, 0.1) is 21.7 Å². The Balaban J connectivity index is 2.27. The maximum Gasteiger partial charge on any atom is 0.306 e. The summed E-state index contributed by atoms with van der Waals surface area (Å²) in [5.74, 6) is -2.51. The molecule has 0 aliphatic carbocycles. The topological polar surface area (TPSA) is 72.2 Å². The number of nitrogens with zero attached hydrogens (tertiary/aromatic N) is 1. The summed E-state index contributed by atoms with van der Waals surface area (Å²) in [7, 11) is 0. The van der Waals surface area contributed by atoms with Crippen LogP contribution in [-0.2, 0) is 0 Å². The number of anilines is 1. The van der Waals surface area contributed by atoms with Gasteiger partial charge in [-0.25, -0.2) is 4.39 Å². The number of nitro benzene ring substituents is 1. The fourth-order valence-corrected chi connectivity index (χ4v) is 1.57. The number of halogens is 2. The molecule has 0 radical (unpaired) electrons. The summed E-state index contributed by atoms with van der Waals surface area (Å²) in [4.78, 5) is 21.5. The fraction of sp³-hybridized carbons (Fsp3) is 0. The van der Waals surface area contributed by atoms with E-state index in [0.717, 1.165) is 24.3 Å². The lowest BCUT2D eigenvalue weighted by molar-refractivity contribution is -0.387. The van der Waals surface area contributed by atoms with Crippen LogP contribution in [0.4, 0.5) is 20.2 Å².